The summed E-state index contributed by atoms with van der Waals surface area (Å²) in [5, 5.41) is 0. The van der Waals surface area contributed by atoms with Gasteiger partial charge in [0.15, 0.2) is 0 Å². The summed E-state index contributed by atoms with van der Waals surface area (Å²) in [5.74, 6) is 2.26. The van der Waals surface area contributed by atoms with E-state index in [9.17, 15) is 8.42 Å². The first-order valence-corrected chi connectivity index (χ1v) is 7.50. The quantitative estimate of drug-likeness (QED) is 0.528. The van der Waals surface area contributed by atoms with Gasteiger partial charge in [-0.25, -0.2) is 0 Å². The summed E-state index contributed by atoms with van der Waals surface area (Å²) in [6.45, 7) is 0. The molecule has 4 aliphatic carbocycles. The average Bonchev–Trinajstić information content (AvgIpc) is 1.94. The van der Waals surface area contributed by atoms with Crippen LogP contribution in [-0.4, -0.2) is 18.7 Å². The molecule has 4 aliphatic rings. The smallest absolute Gasteiger partial charge is 1.00 e. The molecule has 4 saturated carbocycles. The summed E-state index contributed by atoms with van der Waals surface area (Å²) in [6, 6.07) is 0. The molecule has 16 heavy (non-hydrogen) atoms. The van der Waals surface area contributed by atoms with Gasteiger partial charge in [0.2, 0.25) is 0 Å². The van der Waals surface area contributed by atoms with Gasteiger partial charge in [0.05, 0.1) is 5.75 Å². The van der Waals surface area contributed by atoms with Gasteiger partial charge in [-0.3, -0.25) is 4.55 Å². The molecule has 3 nitrogen and oxygen atoms in total. The Balaban J connectivity index is 0.000000722. The van der Waals surface area contributed by atoms with E-state index in [1.165, 1.54) is 19.3 Å². The van der Waals surface area contributed by atoms with E-state index in [1.807, 2.05) is 0 Å². The predicted molar refractivity (Wildman–Crippen MR) is 58.1 cm³/mol. The van der Waals surface area contributed by atoms with Crippen molar-refractivity contribution in [1.82, 2.24) is 0 Å². The maximum absolute atomic E-state index is 11.1. The van der Waals surface area contributed by atoms with E-state index in [-0.39, 0.29) is 64.0 Å². The Morgan fingerprint density at radius 1 is 1.06 bits per heavy atom. The van der Waals surface area contributed by atoms with Crippen LogP contribution in [0.5, 0.6) is 0 Å². The molecule has 1 N–H and O–H groups in total. The zero-order valence-corrected chi connectivity index (χ0v) is 13.8. The molecule has 0 aliphatic heterocycles. The van der Waals surface area contributed by atoms with Crippen LogP contribution in [0.15, 0.2) is 0 Å². The zero-order chi connectivity index (χ0) is 10.7. The number of hydrogen-bond acceptors (Lipinski definition) is 2. The van der Waals surface area contributed by atoms with Crippen LogP contribution < -0.4 is 51.4 Å². The summed E-state index contributed by atoms with van der Waals surface area (Å²) in [6.07, 6.45) is 7.05. The van der Waals surface area contributed by atoms with Crippen LogP contribution in [0, 0.1) is 23.2 Å². The number of hydrogen-bond donors (Lipinski definition) is 1. The van der Waals surface area contributed by atoms with Gasteiger partial charge in [0, 0.05) is 0 Å². The molecule has 0 aromatic carbocycles. The molecule has 0 atom stereocenters. The van der Waals surface area contributed by atoms with Gasteiger partial charge in [-0.2, -0.15) is 8.42 Å². The first-order chi connectivity index (χ1) is 6.94. The molecule has 0 amide bonds. The fourth-order valence-corrected chi connectivity index (χ4v) is 5.98. The van der Waals surface area contributed by atoms with Gasteiger partial charge in [-0.15, -0.1) is 0 Å². The Labute approximate surface area is 141 Å². The molecule has 0 radical (unpaired) electrons. The van der Waals surface area contributed by atoms with Crippen molar-refractivity contribution >= 4 is 10.1 Å². The topological polar surface area (TPSA) is 54.4 Å². The monoisotopic (exact) mass is 270 g/mol. The van der Waals surface area contributed by atoms with Crippen LogP contribution in [0.2, 0.25) is 0 Å². The first-order valence-electron chi connectivity index (χ1n) is 5.89. The molecular formula is C11H19KO3S. The zero-order valence-electron chi connectivity index (χ0n) is 10.9. The van der Waals surface area contributed by atoms with Gasteiger partial charge in [-0.05, 0) is 61.7 Å². The second-order valence-electron chi connectivity index (χ2n) is 6.14. The minimum Gasteiger partial charge on any atom is -1.00 e. The van der Waals surface area contributed by atoms with Crippen molar-refractivity contribution in [3.8, 4) is 0 Å². The Bertz CT molecular complexity index is 347. The third-order valence-corrected chi connectivity index (χ3v) is 5.63. The third kappa shape index (κ3) is 2.76. The predicted octanol–water partition coefficient (Wildman–Crippen LogP) is -0.793. The fraction of sp³-hybridized carbons (Fsp3) is 1.00. The minimum absolute atomic E-state index is 0. The van der Waals surface area contributed by atoms with Crippen molar-refractivity contribution in [3.63, 3.8) is 0 Å². The van der Waals surface area contributed by atoms with Gasteiger partial charge >= 0.3 is 51.4 Å². The Kier molecular flexibility index (Phi) is 4.00. The molecule has 0 saturated heterocycles. The fourth-order valence-electron chi connectivity index (χ4n) is 4.85. The van der Waals surface area contributed by atoms with Crippen LogP contribution in [0.25, 0.3) is 0 Å². The van der Waals surface area contributed by atoms with Gasteiger partial charge in [0.1, 0.15) is 0 Å². The maximum atomic E-state index is 11.1. The van der Waals surface area contributed by atoms with E-state index in [2.05, 4.69) is 0 Å². The molecule has 4 fully saturated rings. The maximum Gasteiger partial charge on any atom is 1.00 e. The molecule has 0 heterocycles. The Morgan fingerprint density at radius 3 is 1.75 bits per heavy atom. The summed E-state index contributed by atoms with van der Waals surface area (Å²) >= 11 is 0. The number of rotatable bonds is 2. The molecule has 0 aromatic heterocycles. The molecule has 4 bridgehead atoms. The van der Waals surface area contributed by atoms with Crippen LogP contribution in [0.1, 0.15) is 40.0 Å². The van der Waals surface area contributed by atoms with Crippen LogP contribution in [-0.2, 0) is 10.1 Å². The summed E-state index contributed by atoms with van der Waals surface area (Å²) in [7, 11) is -3.79. The van der Waals surface area contributed by atoms with Crippen LogP contribution in [0.4, 0.5) is 0 Å². The average molecular weight is 270 g/mol. The van der Waals surface area contributed by atoms with Crippen LogP contribution in [0.3, 0.4) is 0 Å². The van der Waals surface area contributed by atoms with Gasteiger partial charge in [0.25, 0.3) is 10.1 Å². The Hall–Kier alpha value is 1.55. The second-order valence-corrected chi connectivity index (χ2v) is 7.60. The summed E-state index contributed by atoms with van der Waals surface area (Å²) in [4.78, 5) is 0. The van der Waals surface area contributed by atoms with E-state index in [0.29, 0.717) is 0 Å². The summed E-state index contributed by atoms with van der Waals surface area (Å²) < 4.78 is 31.2. The van der Waals surface area contributed by atoms with Gasteiger partial charge in [-0.1, -0.05) is 0 Å². The van der Waals surface area contributed by atoms with Crippen molar-refractivity contribution in [2.45, 2.75) is 38.5 Å². The standard InChI is InChI=1S/C11H18O3S.K.H/c12-15(13,14)7-11-4-8-1-9(5-11)3-10(2-8)6-11;;/h8-10H,1-7H2,(H,12,13,14);;/q;+1;-1. The van der Waals surface area contributed by atoms with E-state index in [0.717, 1.165) is 37.0 Å². The molecule has 0 spiro atoms. The van der Waals surface area contributed by atoms with Crippen LogP contribution >= 0.6 is 0 Å². The van der Waals surface area contributed by atoms with E-state index in [1.54, 1.807) is 0 Å². The van der Waals surface area contributed by atoms with E-state index < -0.39 is 10.1 Å². The molecule has 4 rings (SSSR count). The normalized spacial score (nSPS) is 45.4. The third-order valence-electron chi connectivity index (χ3n) is 4.65. The Morgan fingerprint density at radius 2 is 1.44 bits per heavy atom. The largest absolute Gasteiger partial charge is 1.00 e. The van der Waals surface area contributed by atoms with Gasteiger partial charge < -0.3 is 1.43 Å². The van der Waals surface area contributed by atoms with Crippen molar-refractivity contribution in [1.29, 1.82) is 0 Å². The first kappa shape index (κ1) is 14.0. The van der Waals surface area contributed by atoms with Crippen molar-refractivity contribution in [3.05, 3.63) is 0 Å². The van der Waals surface area contributed by atoms with Crippen molar-refractivity contribution in [2.24, 2.45) is 23.2 Å². The molecule has 88 valence electrons. The van der Waals surface area contributed by atoms with E-state index >= 15 is 0 Å². The molecule has 5 heteroatoms. The molecule has 0 unspecified atom stereocenters. The second kappa shape index (κ2) is 4.58. The molecule has 0 aromatic rings. The molecular weight excluding hydrogens is 251 g/mol. The SMILES string of the molecule is O=S(=O)(O)CC12CC3CC(CC(C3)C1)C2.[H-].[K+]. The van der Waals surface area contributed by atoms with E-state index in [4.69, 9.17) is 4.55 Å². The minimum atomic E-state index is -3.79. The van der Waals surface area contributed by atoms with Crippen molar-refractivity contribution < 1.29 is 65.8 Å². The summed E-state index contributed by atoms with van der Waals surface area (Å²) in [5.41, 5.74) is -0.0532. The van der Waals surface area contributed by atoms with Crippen molar-refractivity contribution in [2.75, 3.05) is 5.75 Å².